The first-order chi connectivity index (χ1) is 10.6. The van der Waals surface area contributed by atoms with Crippen LogP contribution in [0.4, 0.5) is 0 Å². The van der Waals surface area contributed by atoms with E-state index < -0.39 is 0 Å². The largest absolute Gasteiger partial charge is 0.345 e. The van der Waals surface area contributed by atoms with Gasteiger partial charge in [-0.1, -0.05) is 30.3 Å². The Labute approximate surface area is 130 Å². The van der Waals surface area contributed by atoms with E-state index in [-0.39, 0.29) is 11.8 Å². The number of carbonyl (C=O) groups excluding carboxylic acids is 2. The van der Waals surface area contributed by atoms with Gasteiger partial charge in [-0.3, -0.25) is 9.59 Å². The molecule has 3 rings (SSSR count). The summed E-state index contributed by atoms with van der Waals surface area (Å²) in [6.07, 6.45) is 0. The number of hydrogen-bond donors (Lipinski definition) is 0. The molecule has 0 spiro atoms. The monoisotopic (exact) mass is 294 g/mol. The molecule has 0 fully saturated rings. The standard InChI is InChI=1S/C18H18N2O2/c1-19(2)17(21)14-9-7-13(8-10-14)11-20-12-15-5-3-4-6-16(15)18(20)22/h3-10H,11-12H2,1-2H3. The first-order valence-corrected chi connectivity index (χ1v) is 7.24. The van der Waals surface area contributed by atoms with Crippen molar-refractivity contribution in [2.45, 2.75) is 13.1 Å². The summed E-state index contributed by atoms with van der Waals surface area (Å²) in [5, 5.41) is 0. The van der Waals surface area contributed by atoms with Gasteiger partial charge in [-0.2, -0.15) is 0 Å². The smallest absolute Gasteiger partial charge is 0.254 e. The molecule has 0 atom stereocenters. The molecular weight excluding hydrogens is 276 g/mol. The maximum atomic E-state index is 12.3. The maximum Gasteiger partial charge on any atom is 0.254 e. The predicted molar refractivity (Wildman–Crippen MR) is 84.5 cm³/mol. The fourth-order valence-corrected chi connectivity index (χ4v) is 2.67. The zero-order valence-corrected chi connectivity index (χ0v) is 12.7. The van der Waals surface area contributed by atoms with Crippen molar-refractivity contribution in [1.29, 1.82) is 0 Å². The van der Waals surface area contributed by atoms with Gasteiger partial charge in [-0.25, -0.2) is 0 Å². The van der Waals surface area contributed by atoms with Crippen molar-refractivity contribution in [3.8, 4) is 0 Å². The van der Waals surface area contributed by atoms with E-state index >= 15 is 0 Å². The highest BCUT2D eigenvalue weighted by molar-refractivity contribution is 5.98. The Morgan fingerprint density at radius 2 is 1.77 bits per heavy atom. The van der Waals surface area contributed by atoms with Gasteiger partial charge >= 0.3 is 0 Å². The molecule has 1 heterocycles. The lowest BCUT2D eigenvalue weighted by Gasteiger charge is -2.16. The average molecular weight is 294 g/mol. The van der Waals surface area contributed by atoms with E-state index in [4.69, 9.17) is 0 Å². The van der Waals surface area contributed by atoms with Crippen molar-refractivity contribution in [2.24, 2.45) is 0 Å². The molecular formula is C18H18N2O2. The van der Waals surface area contributed by atoms with Crippen molar-refractivity contribution in [2.75, 3.05) is 14.1 Å². The lowest BCUT2D eigenvalue weighted by molar-refractivity contribution is 0.0765. The summed E-state index contributed by atoms with van der Waals surface area (Å²) in [6, 6.07) is 15.2. The summed E-state index contributed by atoms with van der Waals surface area (Å²) < 4.78 is 0. The second kappa shape index (κ2) is 5.64. The Kier molecular flexibility index (Phi) is 3.67. The van der Waals surface area contributed by atoms with Gasteiger partial charge in [0.1, 0.15) is 0 Å². The van der Waals surface area contributed by atoms with Crippen LogP contribution >= 0.6 is 0 Å². The van der Waals surface area contributed by atoms with E-state index in [9.17, 15) is 9.59 Å². The molecule has 0 aromatic heterocycles. The number of benzene rings is 2. The minimum absolute atomic E-state index is 0.0174. The molecule has 2 amide bonds. The number of carbonyl (C=O) groups is 2. The van der Waals surface area contributed by atoms with Crippen LogP contribution in [-0.2, 0) is 13.1 Å². The molecule has 0 radical (unpaired) electrons. The quantitative estimate of drug-likeness (QED) is 0.873. The van der Waals surface area contributed by atoms with E-state index in [0.29, 0.717) is 18.7 Å². The molecule has 22 heavy (non-hydrogen) atoms. The molecule has 0 saturated heterocycles. The first kappa shape index (κ1) is 14.3. The van der Waals surface area contributed by atoms with Crippen LogP contribution in [0.25, 0.3) is 0 Å². The van der Waals surface area contributed by atoms with Crippen LogP contribution in [-0.4, -0.2) is 35.7 Å². The van der Waals surface area contributed by atoms with Crippen molar-refractivity contribution in [3.63, 3.8) is 0 Å². The second-order valence-corrected chi connectivity index (χ2v) is 5.71. The second-order valence-electron chi connectivity index (χ2n) is 5.71. The maximum absolute atomic E-state index is 12.3. The van der Waals surface area contributed by atoms with E-state index in [1.165, 1.54) is 0 Å². The molecule has 2 aromatic rings. The third-order valence-corrected chi connectivity index (χ3v) is 3.88. The fourth-order valence-electron chi connectivity index (χ4n) is 2.67. The molecule has 112 valence electrons. The molecule has 0 saturated carbocycles. The van der Waals surface area contributed by atoms with E-state index in [1.807, 2.05) is 53.4 Å². The molecule has 0 N–H and O–H groups in total. The molecule has 4 heteroatoms. The van der Waals surface area contributed by atoms with Crippen molar-refractivity contribution >= 4 is 11.8 Å². The summed E-state index contributed by atoms with van der Waals surface area (Å²) in [4.78, 5) is 27.6. The number of fused-ring (bicyclic) bond motifs is 1. The van der Waals surface area contributed by atoms with Gasteiger partial charge in [-0.15, -0.1) is 0 Å². The van der Waals surface area contributed by atoms with Gasteiger partial charge in [0.25, 0.3) is 11.8 Å². The zero-order valence-electron chi connectivity index (χ0n) is 12.7. The highest BCUT2D eigenvalue weighted by atomic mass is 16.2. The molecule has 0 bridgehead atoms. The molecule has 1 aliphatic heterocycles. The SMILES string of the molecule is CN(C)C(=O)c1ccc(CN2Cc3ccccc3C2=O)cc1. The normalized spacial score (nSPS) is 13.2. The lowest BCUT2D eigenvalue weighted by Crippen LogP contribution is -2.23. The summed E-state index contributed by atoms with van der Waals surface area (Å²) in [7, 11) is 3.47. The molecule has 2 aromatic carbocycles. The van der Waals surface area contributed by atoms with Crippen LogP contribution in [0.15, 0.2) is 48.5 Å². The summed E-state index contributed by atoms with van der Waals surface area (Å²) in [6.45, 7) is 1.21. The Morgan fingerprint density at radius 3 is 2.41 bits per heavy atom. The van der Waals surface area contributed by atoms with E-state index in [2.05, 4.69) is 0 Å². The topological polar surface area (TPSA) is 40.6 Å². The highest BCUT2D eigenvalue weighted by Crippen LogP contribution is 2.24. The fraction of sp³-hybridized carbons (Fsp3) is 0.222. The van der Waals surface area contributed by atoms with E-state index in [0.717, 1.165) is 16.7 Å². The number of hydrogen-bond acceptors (Lipinski definition) is 2. The van der Waals surface area contributed by atoms with Crippen LogP contribution in [0.3, 0.4) is 0 Å². The molecule has 4 nitrogen and oxygen atoms in total. The summed E-state index contributed by atoms with van der Waals surface area (Å²) in [5.74, 6) is 0.0558. The van der Waals surface area contributed by atoms with Gasteiger partial charge in [0.05, 0.1) is 0 Å². The minimum Gasteiger partial charge on any atom is -0.345 e. The lowest BCUT2D eigenvalue weighted by atomic mass is 10.1. The van der Waals surface area contributed by atoms with Gasteiger partial charge in [0, 0.05) is 38.3 Å². The number of nitrogens with zero attached hydrogens (tertiary/aromatic N) is 2. The average Bonchev–Trinajstić information content (AvgIpc) is 2.84. The Bertz CT molecular complexity index is 720. The number of rotatable bonds is 3. The first-order valence-electron chi connectivity index (χ1n) is 7.24. The summed E-state index contributed by atoms with van der Waals surface area (Å²) >= 11 is 0. The van der Waals surface area contributed by atoms with E-state index in [1.54, 1.807) is 19.0 Å². The van der Waals surface area contributed by atoms with Gasteiger partial charge < -0.3 is 9.80 Å². The molecule has 0 aliphatic carbocycles. The van der Waals surface area contributed by atoms with Crippen LogP contribution in [0.1, 0.15) is 31.8 Å². The van der Waals surface area contributed by atoms with Crippen LogP contribution in [0, 0.1) is 0 Å². The Balaban J connectivity index is 1.73. The molecule has 1 aliphatic rings. The van der Waals surface area contributed by atoms with Gasteiger partial charge in [-0.05, 0) is 29.3 Å². The van der Waals surface area contributed by atoms with Crippen LogP contribution in [0.2, 0.25) is 0 Å². The van der Waals surface area contributed by atoms with Crippen molar-refractivity contribution < 1.29 is 9.59 Å². The summed E-state index contributed by atoms with van der Waals surface area (Å²) in [5.41, 5.74) is 3.55. The Morgan fingerprint density at radius 1 is 1.09 bits per heavy atom. The number of amides is 2. The van der Waals surface area contributed by atoms with Crippen molar-refractivity contribution in [1.82, 2.24) is 9.80 Å². The van der Waals surface area contributed by atoms with Crippen LogP contribution < -0.4 is 0 Å². The van der Waals surface area contributed by atoms with Gasteiger partial charge in [0.2, 0.25) is 0 Å². The van der Waals surface area contributed by atoms with Gasteiger partial charge in [0.15, 0.2) is 0 Å². The predicted octanol–water partition coefficient (Wildman–Crippen LogP) is 2.54. The van der Waals surface area contributed by atoms with Crippen molar-refractivity contribution in [3.05, 3.63) is 70.8 Å². The molecule has 0 unspecified atom stereocenters. The highest BCUT2D eigenvalue weighted by Gasteiger charge is 2.26. The Hall–Kier alpha value is -2.62. The minimum atomic E-state index is -0.0174. The van der Waals surface area contributed by atoms with Crippen LogP contribution in [0.5, 0.6) is 0 Å². The zero-order chi connectivity index (χ0) is 15.7. The third kappa shape index (κ3) is 2.60. The third-order valence-electron chi connectivity index (χ3n) is 3.88.